The van der Waals surface area contributed by atoms with Gasteiger partial charge < -0.3 is 0 Å². The van der Waals surface area contributed by atoms with Crippen molar-refractivity contribution in [1.82, 2.24) is 10.4 Å². The van der Waals surface area contributed by atoms with Crippen molar-refractivity contribution in [3.8, 4) is 0 Å². The fourth-order valence-corrected chi connectivity index (χ4v) is 2.84. The minimum absolute atomic E-state index is 0.767. The van der Waals surface area contributed by atoms with Crippen molar-refractivity contribution in [3.63, 3.8) is 0 Å². The van der Waals surface area contributed by atoms with Crippen LogP contribution >= 0.6 is 0 Å². The molecule has 2 bridgehead atoms. The van der Waals surface area contributed by atoms with Gasteiger partial charge in [0, 0.05) is 18.6 Å². The molecule has 0 radical (unpaired) electrons. The third-order valence-electron chi connectivity index (χ3n) is 3.57. The van der Waals surface area contributed by atoms with Gasteiger partial charge in [-0.1, -0.05) is 13.8 Å². The van der Waals surface area contributed by atoms with Gasteiger partial charge in [0.2, 0.25) is 0 Å². The van der Waals surface area contributed by atoms with Gasteiger partial charge in [0.25, 0.3) is 0 Å². The molecule has 1 saturated carbocycles. The Bertz CT molecular complexity index is 142. The highest BCUT2D eigenvalue weighted by molar-refractivity contribution is 4.92. The Morgan fingerprint density at radius 1 is 1.33 bits per heavy atom. The molecule has 0 aromatic heterocycles. The maximum Gasteiger partial charge on any atom is 0.0246 e. The summed E-state index contributed by atoms with van der Waals surface area (Å²) in [5.74, 6) is 0.975. The molecule has 0 spiro atoms. The van der Waals surface area contributed by atoms with Gasteiger partial charge in [0.05, 0.1) is 0 Å². The van der Waals surface area contributed by atoms with Crippen LogP contribution < -0.4 is 5.43 Å². The molecule has 2 heteroatoms. The van der Waals surface area contributed by atoms with Gasteiger partial charge in [-0.2, -0.15) is 0 Å². The van der Waals surface area contributed by atoms with E-state index in [0.717, 1.165) is 24.5 Å². The zero-order valence-electron chi connectivity index (χ0n) is 8.21. The Kier molecular flexibility index (Phi) is 2.37. The zero-order chi connectivity index (χ0) is 8.55. The average molecular weight is 168 g/mol. The number of fused-ring (bicyclic) bond motifs is 2. The van der Waals surface area contributed by atoms with Crippen molar-refractivity contribution in [2.45, 2.75) is 51.6 Å². The normalized spacial score (nSPS) is 42.0. The predicted molar refractivity (Wildman–Crippen MR) is 50.7 cm³/mol. The first-order chi connectivity index (χ1) is 5.85. The summed E-state index contributed by atoms with van der Waals surface area (Å²) in [6.45, 7) is 5.70. The van der Waals surface area contributed by atoms with Gasteiger partial charge in [0.15, 0.2) is 0 Å². The van der Waals surface area contributed by atoms with Crippen LogP contribution in [-0.2, 0) is 0 Å². The number of nitrogens with zero attached hydrogens (tertiary/aromatic N) is 1. The van der Waals surface area contributed by atoms with Gasteiger partial charge >= 0.3 is 0 Å². The first-order valence-electron chi connectivity index (χ1n) is 5.38. The van der Waals surface area contributed by atoms with Crippen LogP contribution in [0.15, 0.2) is 0 Å². The Balaban J connectivity index is 2.03. The molecule has 2 rings (SSSR count). The largest absolute Gasteiger partial charge is 0.252 e. The van der Waals surface area contributed by atoms with Gasteiger partial charge in [-0.25, -0.2) is 5.01 Å². The quantitative estimate of drug-likeness (QED) is 0.676. The second kappa shape index (κ2) is 3.35. The van der Waals surface area contributed by atoms with Gasteiger partial charge in [-0.05, 0) is 31.6 Å². The summed E-state index contributed by atoms with van der Waals surface area (Å²) in [5.41, 5.74) is 3.65. The maximum atomic E-state index is 3.65. The van der Waals surface area contributed by atoms with Crippen LogP contribution in [0.3, 0.4) is 0 Å². The highest BCUT2D eigenvalue weighted by Crippen LogP contribution is 2.35. The summed E-state index contributed by atoms with van der Waals surface area (Å²) in [7, 11) is 0. The molecular formula is C10H20N2. The summed E-state index contributed by atoms with van der Waals surface area (Å²) >= 11 is 0. The Labute approximate surface area is 75.3 Å². The first-order valence-corrected chi connectivity index (χ1v) is 5.38. The summed E-state index contributed by atoms with van der Waals surface area (Å²) in [6, 6.07) is 1.62. The topological polar surface area (TPSA) is 15.3 Å². The van der Waals surface area contributed by atoms with E-state index in [1.54, 1.807) is 0 Å². The van der Waals surface area contributed by atoms with Crippen LogP contribution in [0.2, 0.25) is 0 Å². The summed E-state index contributed by atoms with van der Waals surface area (Å²) < 4.78 is 0. The molecule has 0 aromatic carbocycles. The summed E-state index contributed by atoms with van der Waals surface area (Å²) in [5, 5.41) is 2.46. The van der Waals surface area contributed by atoms with Crippen molar-refractivity contribution in [2.75, 3.05) is 6.54 Å². The van der Waals surface area contributed by atoms with E-state index in [0.29, 0.717) is 0 Å². The molecule has 2 aliphatic rings. The summed E-state index contributed by atoms with van der Waals surface area (Å²) in [4.78, 5) is 0. The van der Waals surface area contributed by atoms with E-state index in [-0.39, 0.29) is 0 Å². The molecule has 12 heavy (non-hydrogen) atoms. The van der Waals surface area contributed by atoms with Crippen LogP contribution in [0, 0.1) is 5.92 Å². The highest BCUT2D eigenvalue weighted by Gasteiger charge is 2.38. The molecule has 1 aliphatic heterocycles. The SMILES string of the molecule is CC[C@H]1NN(CC)C2CCC1C2. The third kappa shape index (κ3) is 1.27. The van der Waals surface area contributed by atoms with E-state index in [1.165, 1.54) is 25.7 Å². The molecule has 2 nitrogen and oxygen atoms in total. The average Bonchev–Trinajstić information content (AvgIpc) is 2.51. The Morgan fingerprint density at radius 3 is 2.83 bits per heavy atom. The molecule has 3 atom stereocenters. The lowest BCUT2D eigenvalue weighted by Crippen LogP contribution is -2.54. The third-order valence-corrected chi connectivity index (χ3v) is 3.57. The second-order valence-corrected chi connectivity index (χ2v) is 4.16. The van der Waals surface area contributed by atoms with Crippen molar-refractivity contribution < 1.29 is 0 Å². The monoisotopic (exact) mass is 168 g/mol. The van der Waals surface area contributed by atoms with E-state index in [1.807, 2.05) is 0 Å². The van der Waals surface area contributed by atoms with E-state index in [2.05, 4.69) is 24.3 Å². The fraction of sp³-hybridized carbons (Fsp3) is 1.00. The first kappa shape index (κ1) is 8.52. The van der Waals surface area contributed by atoms with E-state index in [4.69, 9.17) is 0 Å². The number of hydrogen-bond acceptors (Lipinski definition) is 2. The standard InChI is InChI=1S/C10H20N2/c1-3-10-8-5-6-9(7-8)12(4-2)11-10/h8-11H,3-7H2,1-2H3/t8?,9?,10-/m1/s1. The molecular weight excluding hydrogens is 148 g/mol. The van der Waals surface area contributed by atoms with Crippen LogP contribution in [0.1, 0.15) is 39.5 Å². The smallest absolute Gasteiger partial charge is 0.0246 e. The van der Waals surface area contributed by atoms with Gasteiger partial charge in [0.1, 0.15) is 0 Å². The lowest BCUT2D eigenvalue weighted by atomic mass is 9.95. The van der Waals surface area contributed by atoms with Crippen molar-refractivity contribution in [2.24, 2.45) is 5.92 Å². The van der Waals surface area contributed by atoms with E-state index >= 15 is 0 Å². The molecule has 1 N–H and O–H groups in total. The molecule has 70 valence electrons. The summed E-state index contributed by atoms with van der Waals surface area (Å²) in [6.07, 6.45) is 5.60. The fourth-order valence-electron chi connectivity index (χ4n) is 2.84. The molecule has 0 amide bonds. The molecule has 1 aliphatic carbocycles. The lowest BCUT2D eigenvalue weighted by molar-refractivity contribution is 0.0580. The second-order valence-electron chi connectivity index (χ2n) is 4.16. The molecule has 1 heterocycles. The number of hydrazine groups is 1. The molecule has 2 unspecified atom stereocenters. The lowest BCUT2D eigenvalue weighted by Gasteiger charge is -2.38. The minimum atomic E-state index is 0.767. The molecule has 2 fully saturated rings. The zero-order valence-corrected chi connectivity index (χ0v) is 8.21. The van der Waals surface area contributed by atoms with E-state index < -0.39 is 0 Å². The Hall–Kier alpha value is -0.0800. The molecule has 1 saturated heterocycles. The predicted octanol–water partition coefficient (Wildman–Crippen LogP) is 1.77. The van der Waals surface area contributed by atoms with Crippen molar-refractivity contribution in [1.29, 1.82) is 0 Å². The molecule has 0 aromatic rings. The van der Waals surface area contributed by atoms with Crippen LogP contribution in [0.25, 0.3) is 0 Å². The van der Waals surface area contributed by atoms with Crippen molar-refractivity contribution >= 4 is 0 Å². The maximum absolute atomic E-state index is 3.65. The number of rotatable bonds is 2. The van der Waals surface area contributed by atoms with E-state index in [9.17, 15) is 0 Å². The van der Waals surface area contributed by atoms with Gasteiger partial charge in [-0.15, -0.1) is 0 Å². The van der Waals surface area contributed by atoms with Gasteiger partial charge in [-0.3, -0.25) is 5.43 Å². The van der Waals surface area contributed by atoms with Crippen LogP contribution in [-0.4, -0.2) is 23.6 Å². The van der Waals surface area contributed by atoms with Crippen molar-refractivity contribution in [3.05, 3.63) is 0 Å². The number of nitrogens with one attached hydrogen (secondary N) is 1. The van der Waals surface area contributed by atoms with Crippen LogP contribution in [0.4, 0.5) is 0 Å². The minimum Gasteiger partial charge on any atom is -0.252 e. The number of hydrogen-bond donors (Lipinski definition) is 1. The Morgan fingerprint density at radius 2 is 2.17 bits per heavy atom. The van der Waals surface area contributed by atoms with Crippen LogP contribution in [0.5, 0.6) is 0 Å². The highest BCUT2D eigenvalue weighted by atomic mass is 15.5.